The fourth-order valence-corrected chi connectivity index (χ4v) is 1.67. The molecule has 0 aromatic rings. The predicted molar refractivity (Wildman–Crippen MR) is 63.6 cm³/mol. The van der Waals surface area contributed by atoms with E-state index in [-0.39, 0.29) is 18.4 Å². The summed E-state index contributed by atoms with van der Waals surface area (Å²) >= 11 is 0. The number of carbonyl (C=O) groups excluding carboxylic acids is 2. The zero-order valence-corrected chi connectivity index (χ0v) is 10.3. The van der Waals surface area contributed by atoms with E-state index in [1.54, 1.807) is 12.0 Å². The fraction of sp³-hybridized carbons (Fsp3) is 0.818. The van der Waals surface area contributed by atoms with E-state index in [4.69, 9.17) is 4.74 Å². The van der Waals surface area contributed by atoms with E-state index in [9.17, 15) is 9.59 Å². The Bertz CT molecular complexity index is 258. The number of methoxy groups -OCH3 is 1. The molecule has 1 fully saturated rings. The monoisotopic (exact) mass is 243 g/mol. The second kappa shape index (κ2) is 8.03. The molecule has 6 nitrogen and oxygen atoms in total. The Balaban J connectivity index is 2.21. The molecule has 1 aliphatic rings. The molecule has 98 valence electrons. The molecule has 0 aromatic heterocycles. The molecule has 2 amide bonds. The van der Waals surface area contributed by atoms with Crippen LogP contribution in [0.5, 0.6) is 0 Å². The summed E-state index contributed by atoms with van der Waals surface area (Å²) in [4.78, 5) is 24.8. The lowest BCUT2D eigenvalue weighted by Gasteiger charge is -2.19. The normalized spacial score (nSPS) is 16.8. The molecule has 1 saturated heterocycles. The minimum atomic E-state index is -0.101. The third kappa shape index (κ3) is 5.65. The average Bonchev–Trinajstić information content (AvgIpc) is 2.51. The van der Waals surface area contributed by atoms with Crippen molar-refractivity contribution in [1.82, 2.24) is 15.5 Å². The van der Waals surface area contributed by atoms with Crippen LogP contribution in [0, 0.1) is 0 Å². The highest BCUT2D eigenvalue weighted by Crippen LogP contribution is 1.96. The highest BCUT2D eigenvalue weighted by Gasteiger charge is 2.18. The SMILES string of the molecule is COCCCNC(=O)CN1CCCNCC1=O. The highest BCUT2D eigenvalue weighted by atomic mass is 16.5. The summed E-state index contributed by atoms with van der Waals surface area (Å²) in [6.45, 7) is 3.19. The maximum atomic E-state index is 11.6. The van der Waals surface area contributed by atoms with Crippen molar-refractivity contribution in [1.29, 1.82) is 0 Å². The van der Waals surface area contributed by atoms with Gasteiger partial charge in [-0.3, -0.25) is 9.59 Å². The number of rotatable bonds is 6. The van der Waals surface area contributed by atoms with Crippen molar-refractivity contribution >= 4 is 11.8 Å². The van der Waals surface area contributed by atoms with Gasteiger partial charge in [0.1, 0.15) is 0 Å². The first-order chi connectivity index (χ1) is 8.24. The zero-order valence-electron chi connectivity index (χ0n) is 10.3. The van der Waals surface area contributed by atoms with Crippen LogP contribution in [-0.4, -0.2) is 63.2 Å². The van der Waals surface area contributed by atoms with Crippen molar-refractivity contribution in [3.63, 3.8) is 0 Å². The summed E-state index contributed by atoms with van der Waals surface area (Å²) < 4.78 is 4.88. The van der Waals surface area contributed by atoms with Gasteiger partial charge in [-0.25, -0.2) is 0 Å². The minimum absolute atomic E-state index is 0.00505. The van der Waals surface area contributed by atoms with E-state index in [1.165, 1.54) is 0 Å². The van der Waals surface area contributed by atoms with Crippen molar-refractivity contribution < 1.29 is 14.3 Å². The third-order valence-electron chi connectivity index (χ3n) is 2.59. The van der Waals surface area contributed by atoms with Gasteiger partial charge in [-0.1, -0.05) is 0 Å². The number of nitrogens with zero attached hydrogens (tertiary/aromatic N) is 1. The van der Waals surface area contributed by atoms with Gasteiger partial charge >= 0.3 is 0 Å². The number of amides is 2. The summed E-state index contributed by atoms with van der Waals surface area (Å²) in [6.07, 6.45) is 1.68. The molecule has 1 aliphatic heterocycles. The van der Waals surface area contributed by atoms with E-state index < -0.39 is 0 Å². The number of hydrogen-bond donors (Lipinski definition) is 2. The average molecular weight is 243 g/mol. The van der Waals surface area contributed by atoms with Gasteiger partial charge in [-0.05, 0) is 19.4 Å². The Labute approximate surface area is 102 Å². The highest BCUT2D eigenvalue weighted by molar-refractivity contribution is 5.85. The van der Waals surface area contributed by atoms with Crippen LogP contribution >= 0.6 is 0 Å². The molecule has 0 aromatic carbocycles. The predicted octanol–water partition coefficient (Wildman–Crippen LogP) is -1.04. The number of ether oxygens (including phenoxy) is 1. The summed E-state index contributed by atoms with van der Waals surface area (Å²) in [5.41, 5.74) is 0. The van der Waals surface area contributed by atoms with Gasteiger partial charge in [0.05, 0.1) is 13.1 Å². The molecule has 2 N–H and O–H groups in total. The van der Waals surface area contributed by atoms with Crippen LogP contribution in [0.2, 0.25) is 0 Å². The van der Waals surface area contributed by atoms with Crippen LogP contribution in [0.15, 0.2) is 0 Å². The number of nitrogens with one attached hydrogen (secondary N) is 2. The Morgan fingerprint density at radius 3 is 3.18 bits per heavy atom. The smallest absolute Gasteiger partial charge is 0.239 e. The van der Waals surface area contributed by atoms with Gasteiger partial charge < -0.3 is 20.3 Å². The lowest BCUT2D eigenvalue weighted by atomic mass is 10.3. The van der Waals surface area contributed by atoms with Gasteiger partial charge in [-0.2, -0.15) is 0 Å². The van der Waals surface area contributed by atoms with Gasteiger partial charge in [0.15, 0.2) is 0 Å². The van der Waals surface area contributed by atoms with E-state index in [1.807, 2.05) is 0 Å². The van der Waals surface area contributed by atoms with Gasteiger partial charge in [0.25, 0.3) is 0 Å². The van der Waals surface area contributed by atoms with Crippen LogP contribution in [0.1, 0.15) is 12.8 Å². The summed E-state index contributed by atoms with van der Waals surface area (Å²) in [5.74, 6) is -0.106. The third-order valence-corrected chi connectivity index (χ3v) is 2.59. The molecule has 0 unspecified atom stereocenters. The minimum Gasteiger partial charge on any atom is -0.385 e. The van der Waals surface area contributed by atoms with E-state index in [2.05, 4.69) is 10.6 Å². The molecule has 0 saturated carbocycles. The van der Waals surface area contributed by atoms with E-state index in [0.717, 1.165) is 19.4 Å². The molecule has 1 heterocycles. The number of hydrogen-bond acceptors (Lipinski definition) is 4. The molecule has 1 rings (SSSR count). The van der Waals surface area contributed by atoms with Crippen LogP contribution < -0.4 is 10.6 Å². The second-order valence-corrected chi connectivity index (χ2v) is 4.04. The Hall–Kier alpha value is -1.14. The molecule has 0 aliphatic carbocycles. The first-order valence-electron chi connectivity index (χ1n) is 5.98. The molecular weight excluding hydrogens is 222 g/mol. The van der Waals surface area contributed by atoms with E-state index in [0.29, 0.717) is 26.2 Å². The topological polar surface area (TPSA) is 70.7 Å². The van der Waals surface area contributed by atoms with Crippen molar-refractivity contribution in [2.45, 2.75) is 12.8 Å². The van der Waals surface area contributed by atoms with Crippen LogP contribution in [0.25, 0.3) is 0 Å². The maximum absolute atomic E-state index is 11.6. The molecule has 0 atom stereocenters. The molecule has 6 heteroatoms. The molecule has 0 spiro atoms. The molecule has 17 heavy (non-hydrogen) atoms. The van der Waals surface area contributed by atoms with Gasteiger partial charge in [-0.15, -0.1) is 0 Å². The van der Waals surface area contributed by atoms with Crippen molar-refractivity contribution in [2.24, 2.45) is 0 Å². The second-order valence-electron chi connectivity index (χ2n) is 4.04. The lowest BCUT2D eigenvalue weighted by Crippen LogP contribution is -2.42. The van der Waals surface area contributed by atoms with Gasteiger partial charge in [0, 0.05) is 26.8 Å². The molecule has 0 radical (unpaired) electrons. The van der Waals surface area contributed by atoms with Crippen LogP contribution in [0.3, 0.4) is 0 Å². The Kier molecular flexibility index (Phi) is 6.57. The number of carbonyl (C=O) groups is 2. The first kappa shape index (κ1) is 13.9. The zero-order chi connectivity index (χ0) is 12.5. The molecular formula is C11H21N3O3. The van der Waals surface area contributed by atoms with Gasteiger partial charge in [0.2, 0.25) is 11.8 Å². The van der Waals surface area contributed by atoms with Crippen LogP contribution in [0.4, 0.5) is 0 Å². The van der Waals surface area contributed by atoms with Crippen molar-refractivity contribution in [3.8, 4) is 0 Å². The largest absolute Gasteiger partial charge is 0.385 e. The maximum Gasteiger partial charge on any atom is 0.239 e. The molecule has 0 bridgehead atoms. The first-order valence-corrected chi connectivity index (χ1v) is 5.98. The lowest BCUT2D eigenvalue weighted by molar-refractivity contribution is -0.134. The van der Waals surface area contributed by atoms with E-state index >= 15 is 0 Å². The standard InChI is InChI=1S/C11H21N3O3/c1-17-7-3-5-13-10(15)9-14-6-2-4-12-8-11(14)16/h12H,2-9H2,1H3,(H,13,15). The Morgan fingerprint density at radius 2 is 2.41 bits per heavy atom. The summed E-state index contributed by atoms with van der Waals surface area (Å²) in [5, 5.41) is 5.79. The van der Waals surface area contributed by atoms with Crippen molar-refractivity contribution in [2.75, 3.05) is 46.4 Å². The van der Waals surface area contributed by atoms with Crippen molar-refractivity contribution in [3.05, 3.63) is 0 Å². The Morgan fingerprint density at radius 1 is 1.59 bits per heavy atom. The fourth-order valence-electron chi connectivity index (χ4n) is 1.67. The summed E-state index contributed by atoms with van der Waals surface area (Å²) in [6, 6.07) is 0. The van der Waals surface area contributed by atoms with Crippen LogP contribution in [-0.2, 0) is 14.3 Å². The summed E-state index contributed by atoms with van der Waals surface area (Å²) in [7, 11) is 1.63. The quantitative estimate of drug-likeness (QED) is 0.585.